The van der Waals surface area contributed by atoms with E-state index >= 15 is 0 Å². The van der Waals surface area contributed by atoms with Crippen LogP contribution < -0.4 is 10.1 Å². The average molecular weight is 472 g/mol. The minimum absolute atomic E-state index is 0.00174. The standard InChI is InChI=1S/C21H21ClF3N3O2S/c1-11(7-8-31-3)27-20(29)19-26-10-16(18(28-19)14-9-21(14,24)25)30-12(2)13-5-4-6-15(23)17(13)22/h4-8,10-12,14H,9H2,1-3H3,(H,27,29)/b8-7+/t11-,12-,14+/m1/s1. The summed E-state index contributed by atoms with van der Waals surface area (Å²) in [6, 6.07) is 3.97. The molecular formula is C21H21ClF3N3O2S. The molecule has 3 rings (SSSR count). The predicted octanol–water partition coefficient (Wildman–Crippen LogP) is 5.53. The van der Waals surface area contributed by atoms with Crippen LogP contribution in [0, 0.1) is 5.82 Å². The van der Waals surface area contributed by atoms with E-state index in [2.05, 4.69) is 15.3 Å². The van der Waals surface area contributed by atoms with Gasteiger partial charge in [0.05, 0.1) is 22.8 Å². The first-order valence-corrected chi connectivity index (χ1v) is 11.2. The second-order valence-electron chi connectivity index (χ2n) is 7.19. The minimum atomic E-state index is -2.94. The van der Waals surface area contributed by atoms with Crippen molar-refractivity contribution in [3.05, 3.63) is 63.8 Å². The normalized spacial score (nSPS) is 19.1. The monoisotopic (exact) mass is 471 g/mol. The van der Waals surface area contributed by atoms with E-state index in [1.165, 1.54) is 30.1 Å². The number of ether oxygens (including phenoxy) is 1. The molecule has 1 N–H and O–H groups in total. The summed E-state index contributed by atoms with van der Waals surface area (Å²) in [5.41, 5.74) is 0.295. The number of carbonyl (C=O) groups excluding carboxylic acids is 1. The second-order valence-corrected chi connectivity index (χ2v) is 8.31. The van der Waals surface area contributed by atoms with Crippen LogP contribution in [0.25, 0.3) is 0 Å². The first-order valence-electron chi connectivity index (χ1n) is 9.49. The number of benzene rings is 1. The van der Waals surface area contributed by atoms with Crippen LogP contribution in [0.15, 0.2) is 35.9 Å². The lowest BCUT2D eigenvalue weighted by atomic mass is 10.1. The van der Waals surface area contributed by atoms with Crippen LogP contribution in [0.1, 0.15) is 54.2 Å². The maximum Gasteiger partial charge on any atom is 0.289 e. The Morgan fingerprint density at radius 2 is 2.13 bits per heavy atom. The molecular weight excluding hydrogens is 451 g/mol. The Labute approximate surface area is 187 Å². The topological polar surface area (TPSA) is 64.1 Å². The van der Waals surface area contributed by atoms with Crippen molar-refractivity contribution in [2.45, 2.75) is 44.3 Å². The molecule has 1 aliphatic rings. The second kappa shape index (κ2) is 9.48. The van der Waals surface area contributed by atoms with Crippen LogP contribution >= 0.6 is 23.4 Å². The highest BCUT2D eigenvalue weighted by atomic mass is 35.5. The third kappa shape index (κ3) is 5.51. The zero-order chi connectivity index (χ0) is 22.8. The Hall–Kier alpha value is -2.26. The fourth-order valence-electron chi connectivity index (χ4n) is 2.95. The van der Waals surface area contributed by atoms with Crippen LogP contribution in [0.4, 0.5) is 13.2 Å². The average Bonchev–Trinajstić information content (AvgIpc) is 3.36. The van der Waals surface area contributed by atoms with Gasteiger partial charge >= 0.3 is 0 Å². The van der Waals surface area contributed by atoms with Crippen molar-refractivity contribution in [1.82, 2.24) is 15.3 Å². The van der Waals surface area contributed by atoms with E-state index in [9.17, 15) is 18.0 Å². The van der Waals surface area contributed by atoms with Gasteiger partial charge in [-0.1, -0.05) is 29.8 Å². The zero-order valence-corrected chi connectivity index (χ0v) is 18.6. The van der Waals surface area contributed by atoms with Gasteiger partial charge < -0.3 is 10.1 Å². The number of nitrogens with zero attached hydrogens (tertiary/aromatic N) is 2. The summed E-state index contributed by atoms with van der Waals surface area (Å²) in [4.78, 5) is 20.5. The van der Waals surface area contributed by atoms with Gasteiger partial charge in [0.25, 0.3) is 11.8 Å². The number of halogens is 4. The van der Waals surface area contributed by atoms with Crippen molar-refractivity contribution in [3.63, 3.8) is 0 Å². The highest BCUT2D eigenvalue weighted by Gasteiger charge is 2.60. The molecule has 1 heterocycles. The third-order valence-corrected chi connectivity index (χ3v) is 5.56. The summed E-state index contributed by atoms with van der Waals surface area (Å²) in [7, 11) is 0. The van der Waals surface area contributed by atoms with Gasteiger partial charge in [0.2, 0.25) is 5.82 Å². The predicted molar refractivity (Wildman–Crippen MR) is 114 cm³/mol. The van der Waals surface area contributed by atoms with Gasteiger partial charge in [0.1, 0.15) is 11.9 Å². The quantitative estimate of drug-likeness (QED) is 0.548. The lowest BCUT2D eigenvalue weighted by Gasteiger charge is -2.19. The Kier molecular flexibility index (Phi) is 7.16. The molecule has 1 aromatic carbocycles. The summed E-state index contributed by atoms with van der Waals surface area (Å²) in [5, 5.41) is 4.39. The lowest BCUT2D eigenvalue weighted by Crippen LogP contribution is -2.32. The molecule has 0 radical (unpaired) electrons. The van der Waals surface area contributed by atoms with Gasteiger partial charge in [-0.05, 0) is 31.6 Å². The maximum atomic E-state index is 13.8. The molecule has 3 atom stereocenters. The molecule has 1 fully saturated rings. The molecule has 0 saturated heterocycles. The number of hydrogen-bond acceptors (Lipinski definition) is 5. The third-order valence-electron chi connectivity index (χ3n) is 4.73. The fourth-order valence-corrected chi connectivity index (χ4v) is 3.62. The van der Waals surface area contributed by atoms with Gasteiger partial charge in [-0.25, -0.2) is 23.1 Å². The van der Waals surface area contributed by atoms with E-state index in [0.717, 1.165) is 0 Å². The van der Waals surface area contributed by atoms with E-state index in [4.69, 9.17) is 16.3 Å². The van der Waals surface area contributed by atoms with Gasteiger partial charge in [0, 0.05) is 18.0 Å². The SMILES string of the molecule is CS/C=C/[C@@H](C)NC(=O)c1ncc(O[C@H](C)c2cccc(F)c2Cl)c([C@@H]2CC2(F)F)n1. The van der Waals surface area contributed by atoms with Crippen molar-refractivity contribution in [3.8, 4) is 5.75 Å². The molecule has 1 aromatic heterocycles. The molecule has 5 nitrogen and oxygen atoms in total. The van der Waals surface area contributed by atoms with Crippen LogP contribution in [-0.4, -0.2) is 34.1 Å². The van der Waals surface area contributed by atoms with E-state index in [1.807, 2.05) is 11.7 Å². The highest BCUT2D eigenvalue weighted by Crippen LogP contribution is 2.57. The van der Waals surface area contributed by atoms with Crippen LogP contribution in [0.3, 0.4) is 0 Å². The number of aromatic nitrogens is 2. The summed E-state index contributed by atoms with van der Waals surface area (Å²) < 4.78 is 47.2. The van der Waals surface area contributed by atoms with Crippen molar-refractivity contribution in [1.29, 1.82) is 0 Å². The Balaban J connectivity index is 1.86. The molecule has 31 heavy (non-hydrogen) atoms. The smallest absolute Gasteiger partial charge is 0.289 e. The van der Waals surface area contributed by atoms with E-state index < -0.39 is 36.1 Å². The van der Waals surface area contributed by atoms with Gasteiger partial charge in [-0.3, -0.25) is 4.79 Å². The summed E-state index contributed by atoms with van der Waals surface area (Å²) in [6.07, 6.45) is 3.70. The molecule has 0 aliphatic heterocycles. The first-order chi connectivity index (χ1) is 14.6. The summed E-state index contributed by atoms with van der Waals surface area (Å²) in [6.45, 7) is 3.37. The molecule has 166 valence electrons. The van der Waals surface area contributed by atoms with Gasteiger partial charge in [-0.15, -0.1) is 11.8 Å². The largest absolute Gasteiger partial charge is 0.482 e. The first kappa shape index (κ1) is 23.4. The fraction of sp³-hybridized carbons (Fsp3) is 0.381. The van der Waals surface area contributed by atoms with E-state index in [0.29, 0.717) is 5.56 Å². The minimum Gasteiger partial charge on any atom is -0.482 e. The number of alkyl halides is 2. The van der Waals surface area contributed by atoms with Crippen molar-refractivity contribution in [2.24, 2.45) is 0 Å². The summed E-state index contributed by atoms with van der Waals surface area (Å²) in [5.74, 6) is -5.55. The van der Waals surface area contributed by atoms with Gasteiger partial charge in [0.15, 0.2) is 5.75 Å². The molecule has 2 aromatic rings. The number of hydrogen-bond donors (Lipinski definition) is 1. The highest BCUT2D eigenvalue weighted by molar-refractivity contribution is 8.01. The molecule has 0 spiro atoms. The molecule has 0 unspecified atom stereocenters. The number of carbonyl (C=O) groups is 1. The maximum absolute atomic E-state index is 13.8. The van der Waals surface area contributed by atoms with Crippen LogP contribution in [0.5, 0.6) is 5.75 Å². The summed E-state index contributed by atoms with van der Waals surface area (Å²) >= 11 is 7.48. The van der Waals surface area contributed by atoms with E-state index in [-0.39, 0.29) is 28.3 Å². The molecule has 0 bridgehead atoms. The zero-order valence-electron chi connectivity index (χ0n) is 17.0. The Bertz CT molecular complexity index is 1010. The number of nitrogens with one attached hydrogen (secondary N) is 1. The molecule has 1 saturated carbocycles. The lowest BCUT2D eigenvalue weighted by molar-refractivity contribution is 0.0932. The van der Waals surface area contributed by atoms with Crippen LogP contribution in [-0.2, 0) is 0 Å². The van der Waals surface area contributed by atoms with Crippen molar-refractivity contribution in [2.75, 3.05) is 6.26 Å². The van der Waals surface area contributed by atoms with Crippen molar-refractivity contribution >= 4 is 29.3 Å². The van der Waals surface area contributed by atoms with Crippen LogP contribution in [0.2, 0.25) is 5.02 Å². The molecule has 1 amide bonds. The van der Waals surface area contributed by atoms with Crippen molar-refractivity contribution < 1.29 is 22.7 Å². The van der Waals surface area contributed by atoms with Gasteiger partial charge in [-0.2, -0.15) is 0 Å². The number of thioether (sulfide) groups is 1. The molecule has 10 heteroatoms. The molecule has 1 aliphatic carbocycles. The number of rotatable bonds is 8. The Morgan fingerprint density at radius 1 is 1.42 bits per heavy atom. The Morgan fingerprint density at radius 3 is 2.77 bits per heavy atom. The number of amides is 1. The van der Waals surface area contributed by atoms with E-state index in [1.54, 1.807) is 26.0 Å².